The number of nitrogens with zero attached hydrogens (tertiary/aromatic N) is 1. The van der Waals surface area contributed by atoms with E-state index in [1.165, 1.54) is 44.4 Å². The Morgan fingerprint density at radius 3 is 2.34 bits per heavy atom. The van der Waals surface area contributed by atoms with Crippen molar-refractivity contribution < 1.29 is 23.5 Å². The van der Waals surface area contributed by atoms with Gasteiger partial charge in [0.15, 0.2) is 6.10 Å². The summed E-state index contributed by atoms with van der Waals surface area (Å²) >= 11 is 0. The van der Waals surface area contributed by atoms with Crippen LogP contribution in [0.25, 0.3) is 0 Å². The Bertz CT molecular complexity index is 897. The molecule has 2 amide bonds. The maximum atomic E-state index is 13.8. The molecule has 7 heteroatoms. The van der Waals surface area contributed by atoms with Crippen molar-refractivity contribution in [3.63, 3.8) is 0 Å². The van der Waals surface area contributed by atoms with Crippen LogP contribution in [-0.2, 0) is 19.1 Å². The van der Waals surface area contributed by atoms with E-state index in [9.17, 15) is 18.8 Å². The quantitative estimate of drug-likeness (QED) is 0.702. The molecular formula is C25H31FN2O4. The minimum Gasteiger partial charge on any atom is -0.451 e. The van der Waals surface area contributed by atoms with E-state index in [1.54, 1.807) is 11.0 Å². The summed E-state index contributed by atoms with van der Waals surface area (Å²) < 4.78 is 19.2. The first-order valence-electron chi connectivity index (χ1n) is 11.9. The fourth-order valence-electron chi connectivity index (χ4n) is 7.04. The SMILES string of the molecule is CC(OC(=O)C1CCCN1C(=O)C12CC3CC(CC(C3)C1)C2)C(=O)Nc1ccccc1F. The minimum atomic E-state index is -1.08. The van der Waals surface area contributed by atoms with E-state index in [2.05, 4.69) is 5.32 Å². The van der Waals surface area contributed by atoms with Crippen molar-refractivity contribution in [2.24, 2.45) is 23.2 Å². The molecule has 32 heavy (non-hydrogen) atoms. The van der Waals surface area contributed by atoms with Crippen molar-refractivity contribution >= 4 is 23.5 Å². The monoisotopic (exact) mass is 442 g/mol. The molecule has 4 saturated carbocycles. The molecule has 1 aromatic rings. The highest BCUT2D eigenvalue weighted by Crippen LogP contribution is 2.60. The number of halogens is 1. The number of likely N-dealkylation sites (tertiary alicyclic amines) is 1. The number of hydrogen-bond acceptors (Lipinski definition) is 4. The molecule has 1 aromatic carbocycles. The van der Waals surface area contributed by atoms with Crippen LogP contribution in [0.3, 0.4) is 0 Å². The fraction of sp³-hybridized carbons (Fsp3) is 0.640. The molecule has 172 valence electrons. The zero-order chi connectivity index (χ0) is 22.5. The summed E-state index contributed by atoms with van der Waals surface area (Å²) in [7, 11) is 0. The van der Waals surface area contributed by atoms with Crippen LogP contribution in [0, 0.1) is 29.0 Å². The largest absolute Gasteiger partial charge is 0.451 e. The summed E-state index contributed by atoms with van der Waals surface area (Å²) in [6.45, 7) is 2.03. The first-order valence-corrected chi connectivity index (χ1v) is 11.9. The molecule has 1 saturated heterocycles. The van der Waals surface area contributed by atoms with Gasteiger partial charge in [0.25, 0.3) is 5.91 Å². The second-order valence-corrected chi connectivity index (χ2v) is 10.4. The van der Waals surface area contributed by atoms with Crippen molar-refractivity contribution in [1.82, 2.24) is 4.90 Å². The number of amides is 2. The lowest BCUT2D eigenvalue weighted by Crippen LogP contribution is -2.56. The topological polar surface area (TPSA) is 75.7 Å². The van der Waals surface area contributed by atoms with Crippen molar-refractivity contribution in [3.05, 3.63) is 30.1 Å². The van der Waals surface area contributed by atoms with E-state index >= 15 is 0 Å². The van der Waals surface area contributed by atoms with Gasteiger partial charge in [0.1, 0.15) is 11.9 Å². The third kappa shape index (κ3) is 3.80. The van der Waals surface area contributed by atoms with Crippen LogP contribution in [0.5, 0.6) is 0 Å². The van der Waals surface area contributed by atoms with Crippen molar-refractivity contribution in [1.29, 1.82) is 0 Å². The van der Waals surface area contributed by atoms with Gasteiger partial charge in [0, 0.05) is 6.54 Å². The van der Waals surface area contributed by atoms with Gasteiger partial charge in [-0.2, -0.15) is 0 Å². The van der Waals surface area contributed by atoms with Crippen LogP contribution in [0.15, 0.2) is 24.3 Å². The average molecular weight is 443 g/mol. The number of ether oxygens (including phenoxy) is 1. The third-order valence-corrected chi connectivity index (χ3v) is 8.07. The maximum absolute atomic E-state index is 13.8. The van der Waals surface area contributed by atoms with Gasteiger partial charge < -0.3 is 15.0 Å². The lowest BCUT2D eigenvalue weighted by atomic mass is 9.49. The van der Waals surface area contributed by atoms with Crippen LogP contribution in [0.4, 0.5) is 10.1 Å². The number of anilines is 1. The van der Waals surface area contributed by atoms with E-state index < -0.39 is 29.8 Å². The number of para-hydroxylation sites is 1. The molecule has 1 heterocycles. The third-order valence-electron chi connectivity index (χ3n) is 8.07. The molecule has 0 spiro atoms. The van der Waals surface area contributed by atoms with Crippen molar-refractivity contribution in [3.8, 4) is 0 Å². The van der Waals surface area contributed by atoms with Gasteiger partial charge in [0.05, 0.1) is 11.1 Å². The summed E-state index contributed by atoms with van der Waals surface area (Å²) in [5.74, 6) is 0.389. The van der Waals surface area contributed by atoms with E-state index in [0.717, 1.165) is 25.7 Å². The molecule has 6 rings (SSSR count). The molecule has 5 aliphatic rings. The van der Waals surface area contributed by atoms with E-state index in [1.807, 2.05) is 0 Å². The van der Waals surface area contributed by atoms with Crippen LogP contribution >= 0.6 is 0 Å². The van der Waals surface area contributed by atoms with Crippen LogP contribution in [-0.4, -0.2) is 41.4 Å². The average Bonchev–Trinajstić information content (AvgIpc) is 3.23. The summed E-state index contributed by atoms with van der Waals surface area (Å²) in [6.07, 6.45) is 6.87. The normalized spacial score (nSPS) is 33.8. The minimum absolute atomic E-state index is 0.0416. The first-order chi connectivity index (χ1) is 15.3. The lowest BCUT2D eigenvalue weighted by molar-refractivity contribution is -0.168. The number of carbonyl (C=O) groups is 3. The van der Waals surface area contributed by atoms with Gasteiger partial charge in [-0.25, -0.2) is 9.18 Å². The predicted octanol–water partition coefficient (Wildman–Crippen LogP) is 3.90. The highest BCUT2D eigenvalue weighted by molar-refractivity contribution is 5.96. The fourth-order valence-corrected chi connectivity index (χ4v) is 7.04. The van der Waals surface area contributed by atoms with Gasteiger partial charge in [-0.1, -0.05) is 12.1 Å². The molecule has 2 atom stereocenters. The number of esters is 1. The standard InChI is InChI=1S/C25H31FN2O4/c1-15(22(29)27-20-6-3-2-5-19(20)26)32-23(30)21-7-4-8-28(21)24(31)25-12-16-9-17(13-25)11-18(10-16)14-25/h2-3,5-6,15-18,21H,4,7-14H2,1H3,(H,27,29). The molecule has 0 radical (unpaired) electrons. The summed E-state index contributed by atoms with van der Waals surface area (Å²) in [6, 6.07) is 5.20. The Hall–Kier alpha value is -2.44. The Morgan fingerprint density at radius 1 is 1.09 bits per heavy atom. The van der Waals surface area contributed by atoms with Crippen molar-refractivity contribution in [2.75, 3.05) is 11.9 Å². The zero-order valence-corrected chi connectivity index (χ0v) is 18.5. The van der Waals surface area contributed by atoms with Crippen molar-refractivity contribution in [2.45, 2.75) is 70.4 Å². The molecule has 4 bridgehead atoms. The Labute approximate surface area is 187 Å². The molecule has 2 unspecified atom stereocenters. The van der Waals surface area contributed by atoms with Gasteiger partial charge in [-0.15, -0.1) is 0 Å². The van der Waals surface area contributed by atoms with Crippen LogP contribution < -0.4 is 5.32 Å². The smallest absolute Gasteiger partial charge is 0.329 e. The molecule has 1 N–H and O–H groups in total. The Morgan fingerprint density at radius 2 is 1.72 bits per heavy atom. The maximum Gasteiger partial charge on any atom is 0.329 e. The van der Waals surface area contributed by atoms with Crippen LogP contribution in [0.2, 0.25) is 0 Å². The molecule has 4 aliphatic carbocycles. The molecule has 6 nitrogen and oxygen atoms in total. The van der Waals surface area contributed by atoms with Gasteiger partial charge in [0.2, 0.25) is 5.91 Å². The molecular weight excluding hydrogens is 411 g/mol. The van der Waals surface area contributed by atoms with E-state index in [4.69, 9.17) is 4.74 Å². The van der Waals surface area contributed by atoms with E-state index in [0.29, 0.717) is 30.7 Å². The second-order valence-electron chi connectivity index (χ2n) is 10.4. The number of rotatable bonds is 5. The van der Waals surface area contributed by atoms with Gasteiger partial charge in [-0.3, -0.25) is 9.59 Å². The van der Waals surface area contributed by atoms with Crippen LogP contribution in [0.1, 0.15) is 58.3 Å². The molecule has 5 fully saturated rings. The van der Waals surface area contributed by atoms with E-state index in [-0.39, 0.29) is 17.0 Å². The number of hydrogen-bond donors (Lipinski definition) is 1. The molecule has 0 aromatic heterocycles. The summed E-state index contributed by atoms with van der Waals surface area (Å²) in [5.41, 5.74) is -0.259. The lowest BCUT2D eigenvalue weighted by Gasteiger charge is -2.56. The van der Waals surface area contributed by atoms with Gasteiger partial charge >= 0.3 is 5.97 Å². The zero-order valence-electron chi connectivity index (χ0n) is 18.5. The first kappa shape index (κ1) is 21.4. The highest BCUT2D eigenvalue weighted by Gasteiger charge is 2.57. The Kier molecular flexibility index (Phi) is 5.46. The number of benzene rings is 1. The number of carbonyl (C=O) groups excluding carboxylic acids is 3. The van der Waals surface area contributed by atoms with Gasteiger partial charge in [-0.05, 0) is 88.2 Å². The Balaban J connectivity index is 1.23. The summed E-state index contributed by atoms with van der Waals surface area (Å²) in [5, 5.41) is 2.46. The highest BCUT2D eigenvalue weighted by atomic mass is 19.1. The molecule has 1 aliphatic heterocycles. The second kappa shape index (κ2) is 8.16. The predicted molar refractivity (Wildman–Crippen MR) is 116 cm³/mol. The summed E-state index contributed by atoms with van der Waals surface area (Å²) in [4.78, 5) is 40.8. The number of nitrogens with one attached hydrogen (secondary N) is 1.